The number of halogens is 1. The summed E-state index contributed by atoms with van der Waals surface area (Å²) in [6.07, 6.45) is 0.368. The minimum absolute atomic E-state index is 0.0411. The maximum absolute atomic E-state index is 13.0. The second-order valence-electron chi connectivity index (χ2n) is 7.24. The third kappa shape index (κ3) is 2.50. The third-order valence-electron chi connectivity index (χ3n) is 5.61. The van der Waals surface area contributed by atoms with Crippen LogP contribution in [0.4, 0.5) is 0 Å². The van der Waals surface area contributed by atoms with Gasteiger partial charge in [0.25, 0.3) is 0 Å². The third-order valence-corrected chi connectivity index (χ3v) is 5.85. The molecule has 0 amide bonds. The highest BCUT2D eigenvalue weighted by Crippen LogP contribution is 2.42. The lowest BCUT2D eigenvalue weighted by Gasteiger charge is -2.36. The van der Waals surface area contributed by atoms with Crippen LogP contribution in [0.15, 0.2) is 84.9 Å². The fourth-order valence-corrected chi connectivity index (χ4v) is 4.50. The van der Waals surface area contributed by atoms with Crippen LogP contribution in [0.5, 0.6) is 0 Å². The standard InChI is InChI=1S/C25H17ClO2/c26-18-12-13-19-16(14-18)6-5-7-17(19)15-25(28)22-10-3-1-8-20(22)24(27)21-9-2-4-11-23(21)25/h1-14,28H,15H2. The normalized spacial score (nSPS) is 14.6. The van der Waals surface area contributed by atoms with Crippen molar-refractivity contribution >= 4 is 28.2 Å². The molecule has 0 spiro atoms. The number of ketones is 1. The molecule has 0 bridgehead atoms. The van der Waals surface area contributed by atoms with E-state index < -0.39 is 5.60 Å². The van der Waals surface area contributed by atoms with E-state index in [9.17, 15) is 9.90 Å². The summed E-state index contributed by atoms with van der Waals surface area (Å²) in [5, 5.41) is 14.7. The number of rotatable bonds is 2. The Morgan fingerprint density at radius 3 is 2.11 bits per heavy atom. The van der Waals surface area contributed by atoms with Crippen LogP contribution in [0.1, 0.15) is 32.6 Å². The molecule has 4 aromatic rings. The topological polar surface area (TPSA) is 37.3 Å². The first-order valence-electron chi connectivity index (χ1n) is 9.21. The van der Waals surface area contributed by atoms with E-state index in [2.05, 4.69) is 0 Å². The number of hydrogen-bond donors (Lipinski definition) is 1. The summed E-state index contributed by atoms with van der Waals surface area (Å²) in [4.78, 5) is 13.0. The SMILES string of the molecule is O=C1c2ccccc2C(O)(Cc2cccc3cc(Cl)ccc23)c2ccccc21. The number of carbonyl (C=O) groups excluding carboxylic acids is 1. The molecule has 4 aromatic carbocycles. The van der Waals surface area contributed by atoms with Crippen molar-refractivity contribution in [3.8, 4) is 0 Å². The van der Waals surface area contributed by atoms with Gasteiger partial charge in [-0.15, -0.1) is 0 Å². The highest BCUT2D eigenvalue weighted by atomic mass is 35.5. The molecule has 0 heterocycles. The summed E-state index contributed by atoms with van der Waals surface area (Å²) in [5.74, 6) is -0.0411. The van der Waals surface area contributed by atoms with Crippen molar-refractivity contribution in [2.45, 2.75) is 12.0 Å². The summed E-state index contributed by atoms with van der Waals surface area (Å²) >= 11 is 6.15. The Kier molecular flexibility index (Phi) is 3.87. The number of benzene rings is 4. The van der Waals surface area contributed by atoms with Crippen LogP contribution >= 0.6 is 11.6 Å². The molecule has 1 aliphatic carbocycles. The molecule has 2 nitrogen and oxygen atoms in total. The molecule has 0 aromatic heterocycles. The molecular weight excluding hydrogens is 368 g/mol. The zero-order valence-electron chi connectivity index (χ0n) is 15.0. The predicted octanol–water partition coefficient (Wildman–Crippen LogP) is 5.52. The second-order valence-corrected chi connectivity index (χ2v) is 7.68. The number of carbonyl (C=O) groups is 1. The van der Waals surface area contributed by atoms with Gasteiger partial charge in [0, 0.05) is 22.6 Å². The Labute approximate surface area is 168 Å². The van der Waals surface area contributed by atoms with Crippen LogP contribution in [0.3, 0.4) is 0 Å². The number of fused-ring (bicyclic) bond motifs is 3. The van der Waals surface area contributed by atoms with Gasteiger partial charge in [-0.05, 0) is 39.6 Å². The minimum atomic E-state index is -1.28. The summed E-state index contributed by atoms with van der Waals surface area (Å²) in [6.45, 7) is 0. The fourth-order valence-electron chi connectivity index (χ4n) is 4.32. The van der Waals surface area contributed by atoms with E-state index in [1.54, 1.807) is 12.1 Å². The molecule has 0 saturated carbocycles. The predicted molar refractivity (Wildman–Crippen MR) is 112 cm³/mol. The maximum atomic E-state index is 13.0. The van der Waals surface area contributed by atoms with Gasteiger partial charge in [0.2, 0.25) is 0 Å². The molecule has 0 atom stereocenters. The van der Waals surface area contributed by atoms with Crippen LogP contribution in [0.2, 0.25) is 5.02 Å². The van der Waals surface area contributed by atoms with E-state index >= 15 is 0 Å². The summed E-state index contributed by atoms with van der Waals surface area (Å²) in [7, 11) is 0. The Morgan fingerprint density at radius 2 is 1.43 bits per heavy atom. The quantitative estimate of drug-likeness (QED) is 0.494. The highest BCUT2D eigenvalue weighted by molar-refractivity contribution is 6.31. The van der Waals surface area contributed by atoms with Crippen LogP contribution in [-0.2, 0) is 12.0 Å². The van der Waals surface area contributed by atoms with Gasteiger partial charge in [-0.2, -0.15) is 0 Å². The van der Waals surface area contributed by atoms with E-state index in [1.165, 1.54) is 0 Å². The highest BCUT2D eigenvalue weighted by Gasteiger charge is 2.42. The van der Waals surface area contributed by atoms with Crippen molar-refractivity contribution in [1.82, 2.24) is 0 Å². The first kappa shape index (κ1) is 17.2. The van der Waals surface area contributed by atoms with E-state index in [1.807, 2.05) is 72.8 Å². The molecular formula is C25H17ClO2. The van der Waals surface area contributed by atoms with E-state index in [-0.39, 0.29) is 5.78 Å². The molecule has 0 radical (unpaired) electrons. The van der Waals surface area contributed by atoms with Gasteiger partial charge in [0.15, 0.2) is 5.78 Å². The zero-order chi connectivity index (χ0) is 19.3. The number of hydrogen-bond acceptors (Lipinski definition) is 2. The van der Waals surface area contributed by atoms with E-state index in [0.29, 0.717) is 33.7 Å². The average molecular weight is 385 g/mol. The second kappa shape index (κ2) is 6.30. The molecule has 28 heavy (non-hydrogen) atoms. The minimum Gasteiger partial charge on any atom is -0.380 e. The first-order valence-corrected chi connectivity index (χ1v) is 9.59. The van der Waals surface area contributed by atoms with Crippen LogP contribution < -0.4 is 0 Å². The van der Waals surface area contributed by atoms with Crippen molar-refractivity contribution < 1.29 is 9.90 Å². The molecule has 0 fully saturated rings. The molecule has 0 unspecified atom stereocenters. The monoisotopic (exact) mass is 384 g/mol. The molecule has 136 valence electrons. The van der Waals surface area contributed by atoms with Gasteiger partial charge < -0.3 is 5.11 Å². The Hall–Kier alpha value is -2.94. The zero-order valence-corrected chi connectivity index (χ0v) is 15.8. The van der Waals surface area contributed by atoms with Crippen molar-refractivity contribution in [2.24, 2.45) is 0 Å². The largest absolute Gasteiger partial charge is 0.380 e. The van der Waals surface area contributed by atoms with Gasteiger partial charge in [0.05, 0.1) is 0 Å². The van der Waals surface area contributed by atoms with Gasteiger partial charge in [-0.1, -0.05) is 84.4 Å². The van der Waals surface area contributed by atoms with Gasteiger partial charge in [-0.25, -0.2) is 0 Å². The lowest BCUT2D eigenvalue weighted by Crippen LogP contribution is -2.37. The smallest absolute Gasteiger partial charge is 0.193 e. The van der Waals surface area contributed by atoms with Crippen LogP contribution in [0, 0.1) is 0 Å². The van der Waals surface area contributed by atoms with Crippen LogP contribution in [0.25, 0.3) is 10.8 Å². The molecule has 1 aliphatic rings. The molecule has 5 rings (SSSR count). The molecule has 0 saturated heterocycles. The van der Waals surface area contributed by atoms with E-state index in [0.717, 1.165) is 16.3 Å². The van der Waals surface area contributed by atoms with Gasteiger partial charge >= 0.3 is 0 Å². The number of aliphatic hydroxyl groups is 1. The summed E-state index contributed by atoms with van der Waals surface area (Å²) < 4.78 is 0. The van der Waals surface area contributed by atoms with E-state index in [4.69, 9.17) is 11.6 Å². The fraction of sp³-hybridized carbons (Fsp3) is 0.0800. The molecule has 1 N–H and O–H groups in total. The van der Waals surface area contributed by atoms with Crippen LogP contribution in [-0.4, -0.2) is 10.9 Å². The molecule has 3 heteroatoms. The van der Waals surface area contributed by atoms with Crippen molar-refractivity contribution in [3.05, 3.63) is 118 Å². The average Bonchev–Trinajstić information content (AvgIpc) is 2.72. The first-order chi connectivity index (χ1) is 13.6. The van der Waals surface area contributed by atoms with Crippen molar-refractivity contribution in [3.63, 3.8) is 0 Å². The van der Waals surface area contributed by atoms with Crippen molar-refractivity contribution in [2.75, 3.05) is 0 Å². The summed E-state index contributed by atoms with van der Waals surface area (Å²) in [5.41, 5.74) is 2.17. The lowest BCUT2D eigenvalue weighted by molar-refractivity contribution is 0.0723. The van der Waals surface area contributed by atoms with Gasteiger partial charge in [0.1, 0.15) is 5.60 Å². The Balaban J connectivity index is 1.75. The molecule has 0 aliphatic heterocycles. The Bertz CT molecular complexity index is 1190. The van der Waals surface area contributed by atoms with Crippen molar-refractivity contribution in [1.29, 1.82) is 0 Å². The lowest BCUT2D eigenvalue weighted by atomic mass is 9.71. The summed E-state index contributed by atoms with van der Waals surface area (Å²) in [6, 6.07) is 26.5. The van der Waals surface area contributed by atoms with Gasteiger partial charge in [-0.3, -0.25) is 4.79 Å². The maximum Gasteiger partial charge on any atom is 0.193 e. The Morgan fingerprint density at radius 1 is 0.786 bits per heavy atom.